The van der Waals surface area contributed by atoms with Gasteiger partial charge in [0.05, 0.1) is 10.0 Å². The van der Waals surface area contributed by atoms with Crippen molar-refractivity contribution in [1.82, 2.24) is 10.1 Å². The van der Waals surface area contributed by atoms with E-state index in [1.54, 1.807) is 18.2 Å². The number of aromatic nitrogens is 2. The van der Waals surface area contributed by atoms with Gasteiger partial charge in [-0.25, -0.2) is 0 Å². The second-order valence-electron chi connectivity index (χ2n) is 3.69. The Morgan fingerprint density at radius 2 is 2.00 bits per heavy atom. The standard InChI is InChI=1S/C12H12Cl2N2O2/c1-2-4-10-15-11(18-16-10)7-17-12-8(13)5-3-6-9(12)14/h3,5-6H,2,4,7H2,1H3. The fraction of sp³-hybridized carbons (Fsp3) is 0.333. The number of hydrogen-bond donors (Lipinski definition) is 0. The average molecular weight is 287 g/mol. The molecule has 18 heavy (non-hydrogen) atoms. The molecule has 1 heterocycles. The lowest BCUT2D eigenvalue weighted by atomic mass is 10.3. The second-order valence-corrected chi connectivity index (χ2v) is 4.51. The molecule has 1 aromatic carbocycles. The Morgan fingerprint density at radius 1 is 1.28 bits per heavy atom. The summed E-state index contributed by atoms with van der Waals surface area (Å²) < 4.78 is 10.5. The Balaban J connectivity index is 2.02. The Bertz CT molecular complexity index is 508. The summed E-state index contributed by atoms with van der Waals surface area (Å²) in [6, 6.07) is 5.17. The van der Waals surface area contributed by atoms with Crippen molar-refractivity contribution >= 4 is 23.2 Å². The molecule has 2 rings (SSSR count). The van der Waals surface area contributed by atoms with E-state index in [0.29, 0.717) is 27.5 Å². The summed E-state index contributed by atoms with van der Waals surface area (Å²) in [6.45, 7) is 2.20. The minimum atomic E-state index is 0.153. The summed E-state index contributed by atoms with van der Waals surface area (Å²) in [6.07, 6.45) is 1.76. The molecule has 0 radical (unpaired) electrons. The van der Waals surface area contributed by atoms with Crippen LogP contribution in [0.15, 0.2) is 22.7 Å². The molecule has 2 aromatic rings. The Labute approximate surface area is 115 Å². The lowest BCUT2D eigenvalue weighted by molar-refractivity contribution is 0.242. The van der Waals surface area contributed by atoms with E-state index in [-0.39, 0.29) is 6.61 Å². The average Bonchev–Trinajstić information content (AvgIpc) is 2.77. The number of para-hydroxylation sites is 1. The molecule has 0 atom stereocenters. The third kappa shape index (κ3) is 3.15. The maximum atomic E-state index is 5.97. The number of halogens is 2. The molecular weight excluding hydrogens is 275 g/mol. The van der Waals surface area contributed by atoms with Gasteiger partial charge in [0, 0.05) is 6.42 Å². The summed E-state index contributed by atoms with van der Waals surface area (Å²) in [5.41, 5.74) is 0. The molecule has 0 bridgehead atoms. The highest BCUT2D eigenvalue weighted by atomic mass is 35.5. The predicted octanol–water partition coefficient (Wildman–Crippen LogP) is 3.91. The molecule has 0 fully saturated rings. The normalized spacial score (nSPS) is 10.6. The monoisotopic (exact) mass is 286 g/mol. The zero-order valence-corrected chi connectivity index (χ0v) is 11.3. The number of ether oxygens (including phenoxy) is 1. The highest BCUT2D eigenvalue weighted by Gasteiger charge is 2.10. The van der Waals surface area contributed by atoms with Gasteiger partial charge < -0.3 is 9.26 Å². The molecule has 0 aliphatic rings. The Kier molecular flexibility index (Phi) is 4.44. The van der Waals surface area contributed by atoms with Gasteiger partial charge in [0.25, 0.3) is 5.89 Å². The number of benzene rings is 1. The van der Waals surface area contributed by atoms with Crippen LogP contribution in [0.4, 0.5) is 0 Å². The first-order valence-corrected chi connectivity index (χ1v) is 6.34. The molecule has 0 unspecified atom stereocenters. The van der Waals surface area contributed by atoms with Crippen molar-refractivity contribution in [2.75, 3.05) is 0 Å². The van der Waals surface area contributed by atoms with Crippen molar-refractivity contribution in [3.63, 3.8) is 0 Å². The molecular formula is C12H12Cl2N2O2. The maximum absolute atomic E-state index is 5.97. The summed E-state index contributed by atoms with van der Waals surface area (Å²) in [5.74, 6) is 1.52. The van der Waals surface area contributed by atoms with E-state index in [0.717, 1.165) is 12.8 Å². The van der Waals surface area contributed by atoms with Crippen molar-refractivity contribution in [3.05, 3.63) is 40.0 Å². The zero-order valence-electron chi connectivity index (χ0n) is 9.82. The smallest absolute Gasteiger partial charge is 0.264 e. The van der Waals surface area contributed by atoms with Crippen LogP contribution in [0.2, 0.25) is 10.0 Å². The molecule has 0 saturated carbocycles. The number of aryl methyl sites for hydroxylation is 1. The lowest BCUT2D eigenvalue weighted by Crippen LogP contribution is -1.97. The largest absolute Gasteiger partial charge is 0.481 e. The lowest BCUT2D eigenvalue weighted by Gasteiger charge is -2.06. The topological polar surface area (TPSA) is 48.2 Å². The van der Waals surface area contributed by atoms with E-state index in [2.05, 4.69) is 17.1 Å². The molecule has 0 amide bonds. The Hall–Kier alpha value is -1.26. The van der Waals surface area contributed by atoms with Crippen molar-refractivity contribution in [1.29, 1.82) is 0 Å². The molecule has 0 aliphatic carbocycles. The molecule has 0 aliphatic heterocycles. The van der Waals surface area contributed by atoms with E-state index >= 15 is 0 Å². The Morgan fingerprint density at radius 3 is 2.67 bits per heavy atom. The quantitative estimate of drug-likeness (QED) is 0.836. The molecule has 4 nitrogen and oxygen atoms in total. The van der Waals surface area contributed by atoms with Crippen molar-refractivity contribution in [3.8, 4) is 5.75 Å². The van der Waals surface area contributed by atoms with E-state index in [1.807, 2.05) is 0 Å². The third-order valence-corrected chi connectivity index (χ3v) is 2.84. The zero-order chi connectivity index (χ0) is 13.0. The van der Waals surface area contributed by atoms with E-state index in [1.165, 1.54) is 0 Å². The highest BCUT2D eigenvalue weighted by molar-refractivity contribution is 6.37. The van der Waals surface area contributed by atoms with Crippen LogP contribution < -0.4 is 4.74 Å². The summed E-state index contributed by atoms with van der Waals surface area (Å²) in [4.78, 5) is 4.19. The number of rotatable bonds is 5. The first-order valence-electron chi connectivity index (χ1n) is 5.59. The van der Waals surface area contributed by atoms with Gasteiger partial charge in [0.1, 0.15) is 0 Å². The van der Waals surface area contributed by atoms with Gasteiger partial charge in [0.2, 0.25) is 0 Å². The fourth-order valence-corrected chi connectivity index (χ4v) is 1.93. The van der Waals surface area contributed by atoms with E-state index in [4.69, 9.17) is 32.5 Å². The minimum Gasteiger partial charge on any atom is -0.481 e. The number of nitrogens with zero attached hydrogens (tertiary/aromatic N) is 2. The number of hydrogen-bond acceptors (Lipinski definition) is 4. The SMILES string of the molecule is CCCc1noc(COc2c(Cl)cccc2Cl)n1. The van der Waals surface area contributed by atoms with Crippen LogP contribution in [-0.4, -0.2) is 10.1 Å². The first kappa shape index (κ1) is 13.2. The van der Waals surface area contributed by atoms with Crippen molar-refractivity contribution in [2.45, 2.75) is 26.4 Å². The van der Waals surface area contributed by atoms with Crippen molar-refractivity contribution < 1.29 is 9.26 Å². The van der Waals surface area contributed by atoms with Gasteiger partial charge in [0.15, 0.2) is 18.2 Å². The molecule has 96 valence electrons. The van der Waals surface area contributed by atoms with Crippen LogP contribution in [0.1, 0.15) is 25.1 Å². The van der Waals surface area contributed by atoms with E-state index in [9.17, 15) is 0 Å². The summed E-state index contributed by atoms with van der Waals surface area (Å²) in [5, 5.41) is 4.74. The van der Waals surface area contributed by atoms with Gasteiger partial charge in [-0.2, -0.15) is 4.98 Å². The van der Waals surface area contributed by atoms with Gasteiger partial charge in [-0.3, -0.25) is 0 Å². The predicted molar refractivity (Wildman–Crippen MR) is 69.1 cm³/mol. The van der Waals surface area contributed by atoms with Gasteiger partial charge in [-0.05, 0) is 18.6 Å². The van der Waals surface area contributed by atoms with Crippen LogP contribution in [0.3, 0.4) is 0 Å². The summed E-state index contributed by atoms with van der Waals surface area (Å²) in [7, 11) is 0. The van der Waals surface area contributed by atoms with Crippen LogP contribution in [0.5, 0.6) is 5.75 Å². The van der Waals surface area contributed by atoms with Crippen LogP contribution >= 0.6 is 23.2 Å². The van der Waals surface area contributed by atoms with E-state index < -0.39 is 0 Å². The van der Waals surface area contributed by atoms with Crippen LogP contribution in [0, 0.1) is 0 Å². The van der Waals surface area contributed by atoms with Gasteiger partial charge in [-0.15, -0.1) is 0 Å². The first-order chi connectivity index (χ1) is 8.70. The van der Waals surface area contributed by atoms with Crippen LogP contribution in [0.25, 0.3) is 0 Å². The minimum absolute atomic E-state index is 0.153. The highest BCUT2D eigenvalue weighted by Crippen LogP contribution is 2.32. The second kappa shape index (κ2) is 6.07. The molecule has 0 saturated heterocycles. The molecule has 0 spiro atoms. The maximum Gasteiger partial charge on any atom is 0.264 e. The van der Waals surface area contributed by atoms with Crippen LogP contribution in [-0.2, 0) is 13.0 Å². The molecule has 6 heteroatoms. The third-order valence-electron chi connectivity index (χ3n) is 2.24. The van der Waals surface area contributed by atoms with Gasteiger partial charge >= 0.3 is 0 Å². The van der Waals surface area contributed by atoms with Gasteiger partial charge in [-0.1, -0.05) is 41.3 Å². The summed E-state index contributed by atoms with van der Waals surface area (Å²) >= 11 is 11.9. The molecule has 1 aromatic heterocycles. The van der Waals surface area contributed by atoms with Crippen molar-refractivity contribution in [2.24, 2.45) is 0 Å². The molecule has 0 N–H and O–H groups in total. The fourth-order valence-electron chi connectivity index (χ4n) is 1.43.